The van der Waals surface area contributed by atoms with E-state index in [1.165, 1.54) is 6.42 Å². The molecule has 1 aliphatic rings. The number of carbonyl (C=O) groups excluding carboxylic acids is 3. The fraction of sp³-hybridized carbons (Fsp3) is 0.333. The van der Waals surface area contributed by atoms with Crippen LogP contribution in [0.1, 0.15) is 48.0 Å². The second-order valence-electron chi connectivity index (χ2n) is 8.06. The maximum absolute atomic E-state index is 12.3. The number of hydrazine groups is 1. The molecule has 1 saturated carbocycles. The number of hydrogen-bond donors (Lipinski definition) is 4. The van der Waals surface area contributed by atoms with E-state index in [1.807, 2.05) is 13.0 Å². The molecule has 0 saturated heterocycles. The van der Waals surface area contributed by atoms with Crippen molar-refractivity contribution >= 4 is 56.7 Å². The lowest BCUT2D eigenvalue weighted by molar-refractivity contribution is -0.122. The molecular formula is C24H27BrN4O4S. The smallest absolute Gasteiger partial charge is 0.269 e. The molecule has 8 nitrogen and oxygen atoms in total. The first kappa shape index (κ1) is 25.6. The van der Waals surface area contributed by atoms with Gasteiger partial charge in [0, 0.05) is 21.6 Å². The Balaban J connectivity index is 1.39. The summed E-state index contributed by atoms with van der Waals surface area (Å²) < 4.78 is 6.39. The lowest BCUT2D eigenvalue weighted by atomic mass is 9.88. The van der Waals surface area contributed by atoms with E-state index in [-0.39, 0.29) is 23.5 Å². The fourth-order valence-corrected chi connectivity index (χ4v) is 3.96. The average Bonchev–Trinajstić information content (AvgIpc) is 2.84. The Bertz CT molecular complexity index is 1060. The predicted octanol–water partition coefficient (Wildman–Crippen LogP) is 3.99. The summed E-state index contributed by atoms with van der Waals surface area (Å²) in [5, 5.41) is 5.28. The lowest BCUT2D eigenvalue weighted by Crippen LogP contribution is -2.49. The zero-order chi connectivity index (χ0) is 24.5. The van der Waals surface area contributed by atoms with E-state index < -0.39 is 11.8 Å². The minimum absolute atomic E-state index is 0.0268. The summed E-state index contributed by atoms with van der Waals surface area (Å²) in [5.74, 6) is -0.268. The summed E-state index contributed by atoms with van der Waals surface area (Å²) in [5.41, 5.74) is 6.90. The Morgan fingerprint density at radius 1 is 1.03 bits per heavy atom. The number of halogens is 1. The molecule has 0 radical (unpaired) electrons. The molecule has 0 aliphatic heterocycles. The van der Waals surface area contributed by atoms with Gasteiger partial charge in [-0.15, -0.1) is 0 Å². The predicted molar refractivity (Wildman–Crippen MR) is 137 cm³/mol. The number of thiocarbonyl (C=S) groups is 1. The molecule has 0 atom stereocenters. The van der Waals surface area contributed by atoms with Gasteiger partial charge >= 0.3 is 0 Å². The Kier molecular flexibility index (Phi) is 9.41. The molecule has 2 aromatic rings. The van der Waals surface area contributed by atoms with Gasteiger partial charge in [-0.05, 0) is 80.0 Å². The van der Waals surface area contributed by atoms with Gasteiger partial charge in [-0.1, -0.05) is 35.2 Å². The van der Waals surface area contributed by atoms with Crippen molar-refractivity contribution in [1.82, 2.24) is 16.2 Å². The number of hydrogen-bond acceptors (Lipinski definition) is 5. The highest BCUT2D eigenvalue weighted by Gasteiger charge is 2.21. The van der Waals surface area contributed by atoms with E-state index in [1.54, 1.807) is 36.4 Å². The summed E-state index contributed by atoms with van der Waals surface area (Å²) in [6, 6.07) is 11.9. The van der Waals surface area contributed by atoms with Crippen LogP contribution in [0.25, 0.3) is 0 Å². The van der Waals surface area contributed by atoms with Crippen LogP contribution in [0.15, 0.2) is 46.9 Å². The van der Waals surface area contributed by atoms with E-state index in [0.717, 1.165) is 35.7 Å². The molecule has 0 bridgehead atoms. The minimum Gasteiger partial charge on any atom is -0.484 e. The third-order valence-electron chi connectivity index (χ3n) is 5.43. The largest absolute Gasteiger partial charge is 0.484 e. The van der Waals surface area contributed by atoms with Crippen LogP contribution in [0.5, 0.6) is 5.75 Å². The third-order valence-corrected chi connectivity index (χ3v) is 6.53. The first-order valence-corrected chi connectivity index (χ1v) is 12.2. The SMILES string of the molecule is Cc1cc(OCC(=O)NC(=S)NNC(=O)c2ccc(NC(=O)C3CCCCC3)cc2)ccc1Br. The molecule has 1 fully saturated rings. The maximum Gasteiger partial charge on any atom is 0.269 e. The molecule has 4 N–H and O–H groups in total. The zero-order valence-corrected chi connectivity index (χ0v) is 21.2. The number of aryl methyl sites for hydroxylation is 1. The standard InChI is InChI=1S/C24H27BrN4O4S/c1-15-13-19(11-12-20(15)25)33-14-21(30)27-24(34)29-28-23(32)17-7-9-18(10-8-17)26-22(31)16-5-3-2-4-6-16/h7-13,16H,2-6,14H2,1H3,(H,26,31)(H,28,32)(H2,27,29,30,34). The minimum atomic E-state index is -0.467. The summed E-state index contributed by atoms with van der Waals surface area (Å²) in [7, 11) is 0. The Labute approximate surface area is 212 Å². The number of nitrogens with one attached hydrogen (secondary N) is 4. The van der Waals surface area contributed by atoms with Crippen LogP contribution in [-0.2, 0) is 9.59 Å². The Morgan fingerprint density at radius 3 is 2.41 bits per heavy atom. The molecule has 2 aromatic carbocycles. The second-order valence-corrected chi connectivity index (χ2v) is 9.32. The average molecular weight is 547 g/mol. The van der Waals surface area contributed by atoms with E-state index in [4.69, 9.17) is 17.0 Å². The molecule has 0 unspecified atom stereocenters. The summed E-state index contributed by atoms with van der Waals surface area (Å²) in [6.07, 6.45) is 5.21. The van der Waals surface area contributed by atoms with Crippen LogP contribution in [-0.4, -0.2) is 29.4 Å². The highest BCUT2D eigenvalue weighted by atomic mass is 79.9. The van der Waals surface area contributed by atoms with Crippen LogP contribution in [0.4, 0.5) is 5.69 Å². The number of carbonyl (C=O) groups is 3. The van der Waals surface area contributed by atoms with Crippen molar-refractivity contribution in [3.05, 3.63) is 58.1 Å². The van der Waals surface area contributed by atoms with E-state index in [0.29, 0.717) is 17.0 Å². The quantitative estimate of drug-likeness (QED) is 0.322. The zero-order valence-electron chi connectivity index (χ0n) is 18.8. The van der Waals surface area contributed by atoms with Crippen molar-refractivity contribution in [2.75, 3.05) is 11.9 Å². The second kappa shape index (κ2) is 12.5. The van der Waals surface area contributed by atoms with Crippen molar-refractivity contribution in [2.45, 2.75) is 39.0 Å². The Morgan fingerprint density at radius 2 is 1.74 bits per heavy atom. The van der Waals surface area contributed by atoms with Crippen molar-refractivity contribution in [1.29, 1.82) is 0 Å². The monoisotopic (exact) mass is 546 g/mol. The van der Waals surface area contributed by atoms with Crippen molar-refractivity contribution in [3.8, 4) is 5.75 Å². The van der Waals surface area contributed by atoms with E-state index in [2.05, 4.69) is 37.4 Å². The molecule has 1 aliphatic carbocycles. The van der Waals surface area contributed by atoms with Gasteiger partial charge in [0.2, 0.25) is 5.91 Å². The van der Waals surface area contributed by atoms with Crippen LogP contribution < -0.4 is 26.2 Å². The molecule has 0 aromatic heterocycles. The summed E-state index contributed by atoms with van der Waals surface area (Å²) >= 11 is 8.43. The highest BCUT2D eigenvalue weighted by Crippen LogP contribution is 2.25. The van der Waals surface area contributed by atoms with Crippen LogP contribution in [0.3, 0.4) is 0 Å². The van der Waals surface area contributed by atoms with Gasteiger partial charge in [-0.25, -0.2) is 0 Å². The number of rotatable bonds is 6. The van der Waals surface area contributed by atoms with Crippen molar-refractivity contribution in [3.63, 3.8) is 0 Å². The topological polar surface area (TPSA) is 109 Å². The number of amides is 3. The maximum atomic E-state index is 12.3. The Hall–Kier alpha value is -2.98. The molecule has 0 heterocycles. The molecule has 34 heavy (non-hydrogen) atoms. The number of anilines is 1. The van der Waals surface area contributed by atoms with Crippen LogP contribution in [0, 0.1) is 12.8 Å². The first-order valence-electron chi connectivity index (χ1n) is 11.0. The molecule has 10 heteroatoms. The highest BCUT2D eigenvalue weighted by molar-refractivity contribution is 9.10. The van der Waals surface area contributed by atoms with Gasteiger partial charge in [-0.3, -0.25) is 30.6 Å². The molecular weight excluding hydrogens is 520 g/mol. The van der Waals surface area contributed by atoms with Gasteiger partial charge < -0.3 is 10.1 Å². The third kappa shape index (κ3) is 7.81. The van der Waals surface area contributed by atoms with Crippen molar-refractivity contribution < 1.29 is 19.1 Å². The first-order chi connectivity index (χ1) is 16.3. The van der Waals surface area contributed by atoms with Gasteiger partial charge in [-0.2, -0.15) is 0 Å². The molecule has 3 rings (SSSR count). The van der Waals surface area contributed by atoms with Crippen LogP contribution in [0.2, 0.25) is 0 Å². The van der Waals surface area contributed by atoms with Crippen molar-refractivity contribution in [2.24, 2.45) is 5.92 Å². The summed E-state index contributed by atoms with van der Waals surface area (Å²) in [4.78, 5) is 36.7. The molecule has 180 valence electrons. The normalized spacial score (nSPS) is 13.5. The fourth-order valence-electron chi connectivity index (χ4n) is 3.55. The molecule has 0 spiro atoms. The van der Waals surface area contributed by atoms with E-state index >= 15 is 0 Å². The van der Waals surface area contributed by atoms with Gasteiger partial charge in [0.1, 0.15) is 5.75 Å². The number of benzene rings is 2. The molecule has 3 amide bonds. The summed E-state index contributed by atoms with van der Waals surface area (Å²) in [6.45, 7) is 1.69. The van der Waals surface area contributed by atoms with Gasteiger partial charge in [0.15, 0.2) is 11.7 Å². The van der Waals surface area contributed by atoms with E-state index in [9.17, 15) is 14.4 Å². The number of ether oxygens (including phenoxy) is 1. The van der Waals surface area contributed by atoms with Gasteiger partial charge in [0.05, 0.1) is 0 Å². The van der Waals surface area contributed by atoms with Crippen LogP contribution >= 0.6 is 28.1 Å². The lowest BCUT2D eigenvalue weighted by Gasteiger charge is -2.20. The van der Waals surface area contributed by atoms with Gasteiger partial charge in [0.25, 0.3) is 11.8 Å².